The lowest BCUT2D eigenvalue weighted by molar-refractivity contribution is 0.245. The van der Waals surface area contributed by atoms with Gasteiger partial charge in [0.15, 0.2) is 0 Å². The quantitative estimate of drug-likeness (QED) is 0.831. The molecule has 0 atom stereocenters. The van der Waals surface area contributed by atoms with Gasteiger partial charge in [-0.25, -0.2) is 4.39 Å². The summed E-state index contributed by atoms with van der Waals surface area (Å²) in [5.74, 6) is -0.191. The highest BCUT2D eigenvalue weighted by atomic mass is 19.1. The molecule has 0 radical (unpaired) electrons. The molecule has 0 aliphatic heterocycles. The number of hydrogen-bond acceptors (Lipinski definition) is 2. The summed E-state index contributed by atoms with van der Waals surface area (Å²) in [4.78, 5) is 2.43. The van der Waals surface area contributed by atoms with Crippen LogP contribution >= 0.6 is 0 Å². The van der Waals surface area contributed by atoms with Gasteiger partial charge in [0.25, 0.3) is 0 Å². The average molecular weight is 280 g/mol. The number of benzene rings is 2. The summed E-state index contributed by atoms with van der Waals surface area (Å²) in [6, 6.07) is 17.2. The van der Waals surface area contributed by atoms with Gasteiger partial charge in [0.1, 0.15) is 5.82 Å². The number of halogens is 1. The van der Waals surface area contributed by atoms with E-state index >= 15 is 0 Å². The zero-order valence-electron chi connectivity index (χ0n) is 11.8. The molecule has 2 nitrogen and oxygen atoms in total. The van der Waals surface area contributed by atoms with E-state index in [9.17, 15) is 4.39 Å². The maximum absolute atomic E-state index is 13.0. The summed E-state index contributed by atoms with van der Waals surface area (Å²) >= 11 is 0. The molecule has 0 unspecified atom stereocenters. The van der Waals surface area contributed by atoms with E-state index in [2.05, 4.69) is 11.0 Å². The van der Waals surface area contributed by atoms with E-state index in [0.29, 0.717) is 11.6 Å². The van der Waals surface area contributed by atoms with Crippen molar-refractivity contribution in [2.24, 2.45) is 0 Å². The van der Waals surface area contributed by atoms with Crippen molar-refractivity contribution < 1.29 is 4.39 Å². The van der Waals surface area contributed by atoms with E-state index in [1.165, 1.54) is 30.5 Å². The van der Waals surface area contributed by atoms with E-state index in [-0.39, 0.29) is 5.82 Å². The molecule has 0 bridgehead atoms. The lowest BCUT2D eigenvalue weighted by Gasteiger charge is -2.22. The highest BCUT2D eigenvalue weighted by Gasteiger charge is 2.28. The third-order valence-electron chi connectivity index (χ3n) is 3.83. The fraction of sp³-hybridized carbons (Fsp3) is 0.278. The highest BCUT2D eigenvalue weighted by Crippen LogP contribution is 2.29. The van der Waals surface area contributed by atoms with Crippen LogP contribution in [-0.2, 0) is 13.1 Å². The van der Waals surface area contributed by atoms with Gasteiger partial charge in [0, 0.05) is 19.1 Å². The van der Waals surface area contributed by atoms with E-state index < -0.39 is 0 Å². The Morgan fingerprint density at radius 1 is 0.952 bits per heavy atom. The molecule has 0 N–H and O–H groups in total. The van der Waals surface area contributed by atoms with Crippen LogP contribution in [0.2, 0.25) is 0 Å². The van der Waals surface area contributed by atoms with Gasteiger partial charge >= 0.3 is 0 Å². The molecule has 2 aromatic rings. The largest absolute Gasteiger partial charge is 0.292 e. The Balaban J connectivity index is 1.69. The fourth-order valence-electron chi connectivity index (χ4n) is 2.50. The minimum absolute atomic E-state index is 0.191. The van der Waals surface area contributed by atoms with Crippen molar-refractivity contribution in [2.75, 3.05) is 0 Å². The van der Waals surface area contributed by atoms with Gasteiger partial charge in [-0.05, 0) is 48.2 Å². The standard InChI is InChI=1S/C18H17FN2/c19-17-7-5-16(6-8-17)13-21(18-9-10-18)12-15-3-1-14(11-20)2-4-15/h1-8,18H,9-10,12-13H2. The molecule has 0 amide bonds. The topological polar surface area (TPSA) is 27.0 Å². The van der Waals surface area contributed by atoms with Crippen molar-refractivity contribution in [1.29, 1.82) is 5.26 Å². The number of nitriles is 1. The molecule has 3 heteroatoms. The maximum atomic E-state index is 13.0. The lowest BCUT2D eigenvalue weighted by atomic mass is 10.1. The Labute approximate surface area is 124 Å². The molecule has 21 heavy (non-hydrogen) atoms. The molecule has 0 aromatic heterocycles. The first-order valence-electron chi connectivity index (χ1n) is 7.22. The van der Waals surface area contributed by atoms with E-state index in [4.69, 9.17) is 5.26 Å². The van der Waals surface area contributed by atoms with Crippen LogP contribution in [0.15, 0.2) is 48.5 Å². The second-order valence-electron chi connectivity index (χ2n) is 5.57. The molecule has 2 aromatic carbocycles. The van der Waals surface area contributed by atoms with Gasteiger partial charge in [-0.15, -0.1) is 0 Å². The molecular formula is C18H17FN2. The Hall–Kier alpha value is -2.18. The SMILES string of the molecule is N#Cc1ccc(CN(Cc2ccc(F)cc2)C2CC2)cc1. The van der Waals surface area contributed by atoms with Gasteiger partial charge in [-0.3, -0.25) is 4.90 Å². The normalized spacial score (nSPS) is 14.1. The first-order chi connectivity index (χ1) is 10.2. The van der Waals surface area contributed by atoms with Crippen LogP contribution in [0.25, 0.3) is 0 Å². The Bertz CT molecular complexity index is 636. The zero-order valence-corrected chi connectivity index (χ0v) is 11.8. The van der Waals surface area contributed by atoms with Crippen LogP contribution in [0, 0.1) is 17.1 Å². The molecule has 0 heterocycles. The molecule has 3 rings (SSSR count). The van der Waals surface area contributed by atoms with Crippen molar-refractivity contribution in [2.45, 2.75) is 32.0 Å². The van der Waals surface area contributed by atoms with Gasteiger partial charge < -0.3 is 0 Å². The smallest absolute Gasteiger partial charge is 0.123 e. The Morgan fingerprint density at radius 3 is 1.95 bits per heavy atom. The van der Waals surface area contributed by atoms with E-state index in [1.807, 2.05) is 36.4 Å². The summed E-state index contributed by atoms with van der Waals surface area (Å²) in [5, 5.41) is 8.83. The molecule has 1 fully saturated rings. The van der Waals surface area contributed by atoms with Crippen LogP contribution in [0.5, 0.6) is 0 Å². The first-order valence-corrected chi connectivity index (χ1v) is 7.22. The predicted molar refractivity (Wildman–Crippen MR) is 79.8 cm³/mol. The van der Waals surface area contributed by atoms with Gasteiger partial charge in [0.2, 0.25) is 0 Å². The summed E-state index contributed by atoms with van der Waals surface area (Å²) in [5.41, 5.74) is 3.04. The summed E-state index contributed by atoms with van der Waals surface area (Å²) in [7, 11) is 0. The molecule has 1 aliphatic rings. The fourth-order valence-corrected chi connectivity index (χ4v) is 2.50. The van der Waals surface area contributed by atoms with Crippen molar-refractivity contribution in [3.8, 4) is 6.07 Å². The third kappa shape index (κ3) is 3.68. The summed E-state index contributed by atoms with van der Waals surface area (Å²) < 4.78 is 13.0. The van der Waals surface area contributed by atoms with E-state index in [1.54, 1.807) is 0 Å². The molecule has 0 saturated heterocycles. The van der Waals surface area contributed by atoms with Crippen LogP contribution in [0.4, 0.5) is 4.39 Å². The van der Waals surface area contributed by atoms with E-state index in [0.717, 1.165) is 18.7 Å². The minimum Gasteiger partial charge on any atom is -0.292 e. The van der Waals surface area contributed by atoms with Crippen LogP contribution in [-0.4, -0.2) is 10.9 Å². The average Bonchev–Trinajstić information content (AvgIpc) is 3.34. The second-order valence-corrected chi connectivity index (χ2v) is 5.57. The number of rotatable bonds is 5. The zero-order chi connectivity index (χ0) is 14.7. The molecular weight excluding hydrogens is 263 g/mol. The van der Waals surface area contributed by atoms with Crippen molar-refractivity contribution in [3.63, 3.8) is 0 Å². The lowest BCUT2D eigenvalue weighted by Crippen LogP contribution is -2.25. The van der Waals surface area contributed by atoms with Crippen molar-refractivity contribution >= 4 is 0 Å². The predicted octanol–water partition coefficient (Wildman–Crippen LogP) is 3.86. The maximum Gasteiger partial charge on any atom is 0.123 e. The minimum atomic E-state index is -0.191. The van der Waals surface area contributed by atoms with Crippen LogP contribution < -0.4 is 0 Å². The van der Waals surface area contributed by atoms with Crippen molar-refractivity contribution in [3.05, 3.63) is 71.0 Å². The number of nitrogens with zero attached hydrogens (tertiary/aromatic N) is 2. The summed E-state index contributed by atoms with van der Waals surface area (Å²) in [6.45, 7) is 1.71. The van der Waals surface area contributed by atoms with Gasteiger partial charge in [-0.1, -0.05) is 24.3 Å². The second kappa shape index (κ2) is 6.07. The van der Waals surface area contributed by atoms with Crippen LogP contribution in [0.3, 0.4) is 0 Å². The Morgan fingerprint density at radius 2 is 1.48 bits per heavy atom. The first kappa shape index (κ1) is 13.8. The Kier molecular flexibility index (Phi) is 3.98. The molecule has 1 saturated carbocycles. The van der Waals surface area contributed by atoms with Gasteiger partial charge in [0.05, 0.1) is 11.6 Å². The third-order valence-corrected chi connectivity index (χ3v) is 3.83. The summed E-state index contributed by atoms with van der Waals surface area (Å²) in [6.07, 6.45) is 2.47. The monoisotopic (exact) mass is 280 g/mol. The van der Waals surface area contributed by atoms with Crippen molar-refractivity contribution in [1.82, 2.24) is 4.90 Å². The molecule has 0 spiro atoms. The molecule has 1 aliphatic carbocycles. The van der Waals surface area contributed by atoms with Gasteiger partial charge in [-0.2, -0.15) is 5.26 Å². The highest BCUT2D eigenvalue weighted by molar-refractivity contribution is 5.31. The molecule has 106 valence electrons. The van der Waals surface area contributed by atoms with Crippen LogP contribution in [0.1, 0.15) is 29.5 Å². The number of hydrogen-bond donors (Lipinski definition) is 0.